The highest BCUT2D eigenvalue weighted by molar-refractivity contribution is 4.97. The summed E-state index contributed by atoms with van der Waals surface area (Å²) in [6.45, 7) is 3.41. The maximum atomic E-state index is 8.11. The minimum Gasteiger partial charge on any atom is -0.334 e. The molecule has 12 heavy (non-hydrogen) atoms. The van der Waals surface area contributed by atoms with Crippen LogP contribution in [-0.2, 0) is 13.1 Å². The highest BCUT2D eigenvalue weighted by Gasteiger charge is 1.97. The highest BCUT2D eigenvalue weighted by Crippen LogP contribution is 2.02. The third-order valence-electron chi connectivity index (χ3n) is 1.56. The molecule has 0 aliphatic carbocycles. The van der Waals surface area contributed by atoms with Crippen LogP contribution in [0, 0.1) is 0 Å². The second-order valence-corrected chi connectivity index (χ2v) is 2.47. The molecule has 0 amide bonds. The van der Waals surface area contributed by atoms with Gasteiger partial charge in [0, 0.05) is 23.3 Å². The Morgan fingerprint density at radius 3 is 3.25 bits per heavy atom. The number of hydrogen-bond acceptors (Lipinski definition) is 2. The van der Waals surface area contributed by atoms with Crippen molar-refractivity contribution in [2.75, 3.05) is 0 Å². The van der Waals surface area contributed by atoms with Gasteiger partial charge in [0.15, 0.2) is 0 Å². The van der Waals surface area contributed by atoms with Crippen LogP contribution in [0.5, 0.6) is 0 Å². The Kier molecular flexibility index (Phi) is 3.17. The van der Waals surface area contributed by atoms with Crippen LogP contribution in [0.2, 0.25) is 0 Å². The number of imidazole rings is 1. The van der Waals surface area contributed by atoms with Crippen LogP contribution in [0.25, 0.3) is 10.4 Å². The van der Waals surface area contributed by atoms with Crippen LogP contribution in [0.1, 0.15) is 19.0 Å². The number of azide groups is 1. The van der Waals surface area contributed by atoms with Gasteiger partial charge < -0.3 is 4.57 Å². The number of aryl methyl sites for hydroxylation is 1. The second-order valence-electron chi connectivity index (χ2n) is 2.47. The summed E-state index contributed by atoms with van der Waals surface area (Å²) in [5.41, 5.74) is 9.08. The zero-order valence-electron chi connectivity index (χ0n) is 7.01. The lowest BCUT2D eigenvalue weighted by Crippen LogP contribution is -1.99. The van der Waals surface area contributed by atoms with Crippen molar-refractivity contribution in [1.29, 1.82) is 0 Å². The number of rotatable bonds is 4. The first kappa shape index (κ1) is 8.62. The smallest absolute Gasteiger partial charge is 0.0948 e. The van der Waals surface area contributed by atoms with E-state index in [2.05, 4.69) is 21.9 Å². The molecular formula is C7H11N5. The third-order valence-corrected chi connectivity index (χ3v) is 1.56. The monoisotopic (exact) mass is 165 g/mol. The fourth-order valence-corrected chi connectivity index (χ4v) is 1.03. The standard InChI is InChI=1S/C7H11N5/c1-2-3-12-6-9-4-7(12)5-10-11-8/h4,6H,2-3,5H2,1H3. The molecule has 0 aromatic carbocycles. The molecule has 0 aliphatic heterocycles. The maximum absolute atomic E-state index is 8.11. The summed E-state index contributed by atoms with van der Waals surface area (Å²) in [6, 6.07) is 0. The lowest BCUT2D eigenvalue weighted by Gasteiger charge is -2.02. The van der Waals surface area contributed by atoms with E-state index in [0.29, 0.717) is 6.54 Å². The molecule has 1 heterocycles. The van der Waals surface area contributed by atoms with E-state index in [1.807, 2.05) is 4.57 Å². The first-order valence-corrected chi connectivity index (χ1v) is 3.88. The first-order chi connectivity index (χ1) is 5.88. The molecule has 5 nitrogen and oxygen atoms in total. The molecule has 0 fully saturated rings. The van der Waals surface area contributed by atoms with Crippen molar-refractivity contribution in [3.63, 3.8) is 0 Å². The summed E-state index contributed by atoms with van der Waals surface area (Å²) < 4.78 is 1.99. The van der Waals surface area contributed by atoms with Crippen LogP contribution in [-0.4, -0.2) is 9.55 Å². The molecule has 1 aromatic heterocycles. The Morgan fingerprint density at radius 1 is 1.75 bits per heavy atom. The van der Waals surface area contributed by atoms with E-state index in [0.717, 1.165) is 18.7 Å². The Labute approximate surface area is 70.7 Å². The average Bonchev–Trinajstić information content (AvgIpc) is 2.50. The molecule has 1 rings (SSSR count). The van der Waals surface area contributed by atoms with Gasteiger partial charge in [-0.1, -0.05) is 12.0 Å². The Bertz CT molecular complexity index is 284. The van der Waals surface area contributed by atoms with Crippen molar-refractivity contribution in [1.82, 2.24) is 9.55 Å². The van der Waals surface area contributed by atoms with Gasteiger partial charge in [0.2, 0.25) is 0 Å². The highest BCUT2D eigenvalue weighted by atomic mass is 15.1. The molecule has 5 heteroatoms. The van der Waals surface area contributed by atoms with Gasteiger partial charge in [-0.25, -0.2) is 4.98 Å². The molecule has 0 saturated carbocycles. The minimum absolute atomic E-state index is 0.385. The van der Waals surface area contributed by atoms with E-state index in [4.69, 9.17) is 5.53 Å². The summed E-state index contributed by atoms with van der Waals surface area (Å²) >= 11 is 0. The molecule has 0 bridgehead atoms. The van der Waals surface area contributed by atoms with Crippen molar-refractivity contribution in [3.05, 3.63) is 28.7 Å². The number of nitrogens with zero attached hydrogens (tertiary/aromatic N) is 5. The van der Waals surface area contributed by atoms with Crippen molar-refractivity contribution in [2.45, 2.75) is 26.4 Å². The molecule has 0 aliphatic rings. The van der Waals surface area contributed by atoms with Gasteiger partial charge in [-0.3, -0.25) is 0 Å². The lowest BCUT2D eigenvalue weighted by molar-refractivity contribution is 0.646. The minimum atomic E-state index is 0.385. The summed E-state index contributed by atoms with van der Waals surface area (Å²) in [6.07, 6.45) is 4.54. The van der Waals surface area contributed by atoms with Crippen LogP contribution in [0.4, 0.5) is 0 Å². The fourth-order valence-electron chi connectivity index (χ4n) is 1.03. The maximum Gasteiger partial charge on any atom is 0.0948 e. The number of aromatic nitrogens is 2. The molecule has 0 radical (unpaired) electrons. The fraction of sp³-hybridized carbons (Fsp3) is 0.571. The van der Waals surface area contributed by atoms with Gasteiger partial charge in [0.05, 0.1) is 12.9 Å². The Balaban J connectivity index is 2.69. The van der Waals surface area contributed by atoms with Crippen molar-refractivity contribution >= 4 is 0 Å². The molecule has 0 spiro atoms. The zero-order valence-corrected chi connectivity index (χ0v) is 7.01. The lowest BCUT2D eigenvalue weighted by atomic mass is 10.4. The third kappa shape index (κ3) is 2.00. The topological polar surface area (TPSA) is 66.6 Å². The average molecular weight is 165 g/mol. The van der Waals surface area contributed by atoms with E-state index in [9.17, 15) is 0 Å². The molecular weight excluding hydrogens is 154 g/mol. The van der Waals surface area contributed by atoms with Gasteiger partial charge in [0.25, 0.3) is 0 Å². The van der Waals surface area contributed by atoms with E-state index < -0.39 is 0 Å². The molecule has 0 unspecified atom stereocenters. The molecule has 0 N–H and O–H groups in total. The van der Waals surface area contributed by atoms with Gasteiger partial charge in [-0.05, 0) is 12.0 Å². The SMILES string of the molecule is CCCn1cncc1CN=[N+]=[N-]. The van der Waals surface area contributed by atoms with Crippen molar-refractivity contribution in [2.24, 2.45) is 5.11 Å². The van der Waals surface area contributed by atoms with Crippen molar-refractivity contribution < 1.29 is 0 Å². The van der Waals surface area contributed by atoms with Crippen LogP contribution >= 0.6 is 0 Å². The molecule has 0 saturated heterocycles. The predicted molar refractivity (Wildman–Crippen MR) is 45.4 cm³/mol. The van der Waals surface area contributed by atoms with E-state index in [1.165, 1.54) is 0 Å². The predicted octanol–water partition coefficient (Wildman–Crippen LogP) is 2.10. The molecule has 1 aromatic rings. The van der Waals surface area contributed by atoms with Gasteiger partial charge in [0.1, 0.15) is 0 Å². The Hall–Kier alpha value is -1.48. The second kappa shape index (κ2) is 4.41. The Morgan fingerprint density at radius 2 is 2.58 bits per heavy atom. The number of hydrogen-bond donors (Lipinski definition) is 0. The van der Waals surface area contributed by atoms with E-state index in [1.54, 1.807) is 12.5 Å². The van der Waals surface area contributed by atoms with Crippen molar-refractivity contribution in [3.8, 4) is 0 Å². The van der Waals surface area contributed by atoms with Crippen LogP contribution in [0.3, 0.4) is 0 Å². The van der Waals surface area contributed by atoms with Crippen LogP contribution in [0.15, 0.2) is 17.6 Å². The summed E-state index contributed by atoms with van der Waals surface area (Å²) in [7, 11) is 0. The quantitative estimate of drug-likeness (QED) is 0.382. The van der Waals surface area contributed by atoms with Crippen LogP contribution < -0.4 is 0 Å². The first-order valence-electron chi connectivity index (χ1n) is 3.88. The molecule has 64 valence electrons. The largest absolute Gasteiger partial charge is 0.334 e. The normalized spacial score (nSPS) is 9.42. The van der Waals surface area contributed by atoms with Gasteiger partial charge in [-0.15, -0.1) is 0 Å². The van der Waals surface area contributed by atoms with E-state index >= 15 is 0 Å². The summed E-state index contributed by atoms with van der Waals surface area (Å²) in [4.78, 5) is 6.67. The molecule has 0 atom stereocenters. The zero-order chi connectivity index (χ0) is 8.81. The summed E-state index contributed by atoms with van der Waals surface area (Å²) in [5, 5.41) is 3.48. The van der Waals surface area contributed by atoms with E-state index in [-0.39, 0.29) is 0 Å². The summed E-state index contributed by atoms with van der Waals surface area (Å²) in [5.74, 6) is 0. The van der Waals surface area contributed by atoms with Gasteiger partial charge in [-0.2, -0.15) is 0 Å². The van der Waals surface area contributed by atoms with Gasteiger partial charge >= 0.3 is 0 Å².